The minimum atomic E-state index is -0.00725. The van der Waals surface area contributed by atoms with Crippen LogP contribution in [0.4, 0.5) is 5.69 Å². The van der Waals surface area contributed by atoms with Gasteiger partial charge in [-0.2, -0.15) is 0 Å². The molecule has 1 fully saturated rings. The summed E-state index contributed by atoms with van der Waals surface area (Å²) >= 11 is 0. The Hall–Kier alpha value is -2.85. The van der Waals surface area contributed by atoms with Crippen molar-refractivity contribution in [2.75, 3.05) is 38.1 Å². The van der Waals surface area contributed by atoms with Gasteiger partial charge in [0.15, 0.2) is 0 Å². The second-order valence-corrected chi connectivity index (χ2v) is 7.92. The molecule has 0 bridgehead atoms. The van der Waals surface area contributed by atoms with E-state index in [2.05, 4.69) is 60.0 Å². The Morgan fingerprint density at radius 2 is 1.83 bits per heavy atom. The van der Waals surface area contributed by atoms with Gasteiger partial charge in [-0.1, -0.05) is 43.3 Å². The van der Waals surface area contributed by atoms with E-state index in [9.17, 15) is 4.79 Å². The van der Waals surface area contributed by atoms with Crippen LogP contribution in [0, 0.1) is 6.92 Å². The standard InChI is InChI=1S/C25H29N3O/c1-4-19(24-22-8-6-5-7-9-23(22)26-25(24)29)16-20-17-21(11-10-18(20)2)28-14-12-27(3)13-15-28/h5-11,16-17H,4,12-15H2,1-3H3,(H,26,29)/b19-16+. The minimum absolute atomic E-state index is 0.00725. The third kappa shape index (κ3) is 3.99. The van der Waals surface area contributed by atoms with Crippen molar-refractivity contribution < 1.29 is 0 Å². The number of aromatic nitrogens is 1. The van der Waals surface area contributed by atoms with E-state index in [1.165, 1.54) is 16.8 Å². The summed E-state index contributed by atoms with van der Waals surface area (Å²) in [6.45, 7) is 8.53. The highest BCUT2D eigenvalue weighted by atomic mass is 16.1. The molecule has 29 heavy (non-hydrogen) atoms. The van der Waals surface area contributed by atoms with Crippen molar-refractivity contribution in [2.24, 2.45) is 0 Å². The van der Waals surface area contributed by atoms with E-state index in [4.69, 9.17) is 0 Å². The molecular weight excluding hydrogens is 358 g/mol. The Labute approximate surface area is 172 Å². The van der Waals surface area contributed by atoms with Crippen molar-refractivity contribution in [3.05, 3.63) is 75.6 Å². The zero-order valence-corrected chi connectivity index (χ0v) is 17.5. The van der Waals surface area contributed by atoms with Crippen molar-refractivity contribution in [3.8, 4) is 11.3 Å². The number of nitrogens with zero attached hydrogens (tertiary/aromatic N) is 2. The molecule has 1 aromatic carbocycles. The molecule has 1 aromatic rings. The number of likely N-dealkylation sites (N-methyl/N-ethyl adjacent to an activating group) is 1. The van der Waals surface area contributed by atoms with Crippen LogP contribution in [0.3, 0.4) is 0 Å². The molecule has 3 aliphatic rings. The first-order valence-corrected chi connectivity index (χ1v) is 10.4. The summed E-state index contributed by atoms with van der Waals surface area (Å²) in [6, 6.07) is 16.6. The fraction of sp³-hybridized carbons (Fsp3) is 0.320. The molecule has 0 spiro atoms. The molecule has 2 heterocycles. The lowest BCUT2D eigenvalue weighted by Crippen LogP contribution is -2.44. The molecule has 150 valence electrons. The summed E-state index contributed by atoms with van der Waals surface area (Å²) < 4.78 is 0. The molecule has 4 rings (SSSR count). The number of benzene rings is 1. The van der Waals surface area contributed by atoms with Crippen molar-refractivity contribution in [2.45, 2.75) is 20.3 Å². The van der Waals surface area contributed by atoms with Crippen LogP contribution in [0.25, 0.3) is 22.9 Å². The molecule has 1 saturated heterocycles. The summed E-state index contributed by atoms with van der Waals surface area (Å²) in [5, 5.41) is 0. The topological polar surface area (TPSA) is 39.3 Å². The summed E-state index contributed by atoms with van der Waals surface area (Å²) in [4.78, 5) is 20.6. The molecule has 1 N–H and O–H groups in total. The summed E-state index contributed by atoms with van der Waals surface area (Å²) in [5.74, 6) is 0. The number of hydrogen-bond donors (Lipinski definition) is 1. The number of fused-ring (bicyclic) bond motifs is 1. The second-order valence-electron chi connectivity index (χ2n) is 7.92. The van der Waals surface area contributed by atoms with Gasteiger partial charge in [-0.15, -0.1) is 0 Å². The van der Waals surface area contributed by atoms with Crippen LogP contribution in [0.5, 0.6) is 0 Å². The minimum Gasteiger partial charge on any atom is -0.369 e. The zero-order chi connectivity index (χ0) is 20.4. The van der Waals surface area contributed by atoms with E-state index in [1.807, 2.05) is 30.3 Å². The lowest BCUT2D eigenvalue weighted by atomic mass is 9.96. The highest BCUT2D eigenvalue weighted by Crippen LogP contribution is 2.31. The molecule has 4 heteroatoms. The van der Waals surface area contributed by atoms with Crippen LogP contribution in [-0.4, -0.2) is 43.1 Å². The molecule has 0 unspecified atom stereocenters. The molecular formula is C25H29N3O. The first-order valence-electron chi connectivity index (χ1n) is 10.4. The molecule has 2 aliphatic heterocycles. The van der Waals surface area contributed by atoms with Crippen molar-refractivity contribution >= 4 is 17.3 Å². The normalized spacial score (nSPS) is 15.8. The SMILES string of the molecule is CC/C(=C\c1cc(N2CCN(C)CC2)ccc1C)c1c2cccccc-2[nH]c1=O. The summed E-state index contributed by atoms with van der Waals surface area (Å²) in [5.41, 5.74) is 7.41. The quantitative estimate of drug-likeness (QED) is 0.717. The van der Waals surface area contributed by atoms with Gasteiger partial charge in [-0.05, 0) is 55.3 Å². The van der Waals surface area contributed by atoms with E-state index >= 15 is 0 Å². The van der Waals surface area contributed by atoms with Crippen LogP contribution in [0.15, 0.2) is 53.3 Å². The Morgan fingerprint density at radius 3 is 2.59 bits per heavy atom. The fourth-order valence-corrected chi connectivity index (χ4v) is 4.08. The number of aromatic amines is 1. The maximum absolute atomic E-state index is 12.8. The van der Waals surface area contributed by atoms with Gasteiger partial charge in [0, 0.05) is 43.1 Å². The van der Waals surface area contributed by atoms with Crippen LogP contribution in [0.2, 0.25) is 0 Å². The number of H-pyrrole nitrogens is 1. The first-order chi connectivity index (χ1) is 14.1. The van der Waals surface area contributed by atoms with E-state index in [0.29, 0.717) is 0 Å². The molecule has 4 nitrogen and oxygen atoms in total. The predicted molar refractivity (Wildman–Crippen MR) is 123 cm³/mol. The van der Waals surface area contributed by atoms with Gasteiger partial charge in [0.05, 0.1) is 5.56 Å². The lowest BCUT2D eigenvalue weighted by Gasteiger charge is -2.34. The third-order valence-electron chi connectivity index (χ3n) is 5.95. The second kappa shape index (κ2) is 8.26. The maximum atomic E-state index is 12.8. The van der Waals surface area contributed by atoms with Gasteiger partial charge in [0.1, 0.15) is 0 Å². The molecule has 0 radical (unpaired) electrons. The van der Waals surface area contributed by atoms with Gasteiger partial charge in [0.25, 0.3) is 5.56 Å². The van der Waals surface area contributed by atoms with Gasteiger partial charge in [-0.25, -0.2) is 0 Å². The molecule has 1 aliphatic carbocycles. The fourth-order valence-electron chi connectivity index (χ4n) is 4.08. The van der Waals surface area contributed by atoms with Crippen molar-refractivity contribution in [3.63, 3.8) is 0 Å². The maximum Gasteiger partial charge on any atom is 0.256 e. The smallest absolute Gasteiger partial charge is 0.256 e. The van der Waals surface area contributed by atoms with Crippen LogP contribution >= 0.6 is 0 Å². The Kier molecular flexibility index (Phi) is 5.54. The van der Waals surface area contributed by atoms with Gasteiger partial charge in [-0.3, -0.25) is 4.79 Å². The summed E-state index contributed by atoms with van der Waals surface area (Å²) in [7, 11) is 2.18. The van der Waals surface area contributed by atoms with E-state index in [0.717, 1.165) is 55.0 Å². The van der Waals surface area contributed by atoms with E-state index < -0.39 is 0 Å². The van der Waals surface area contributed by atoms with E-state index in [-0.39, 0.29) is 5.56 Å². The number of hydrogen-bond acceptors (Lipinski definition) is 3. The third-order valence-corrected chi connectivity index (χ3v) is 5.95. The van der Waals surface area contributed by atoms with Crippen molar-refractivity contribution in [1.82, 2.24) is 9.88 Å². The van der Waals surface area contributed by atoms with Crippen LogP contribution < -0.4 is 10.5 Å². The monoisotopic (exact) mass is 387 g/mol. The van der Waals surface area contributed by atoms with Crippen LogP contribution in [-0.2, 0) is 0 Å². The predicted octanol–water partition coefficient (Wildman–Crippen LogP) is 4.49. The number of anilines is 1. The number of nitrogens with one attached hydrogen (secondary N) is 1. The Balaban J connectivity index is 1.75. The lowest BCUT2D eigenvalue weighted by molar-refractivity contribution is 0.313. The molecule has 0 amide bonds. The average molecular weight is 388 g/mol. The number of allylic oxidation sites excluding steroid dienone is 1. The number of piperazine rings is 1. The van der Waals surface area contributed by atoms with Crippen molar-refractivity contribution in [1.29, 1.82) is 0 Å². The molecule has 0 saturated carbocycles. The largest absolute Gasteiger partial charge is 0.369 e. The average Bonchev–Trinajstić information content (AvgIpc) is 2.87. The van der Waals surface area contributed by atoms with Gasteiger partial charge >= 0.3 is 0 Å². The number of rotatable bonds is 4. The van der Waals surface area contributed by atoms with Gasteiger partial charge in [0.2, 0.25) is 0 Å². The molecule has 0 atom stereocenters. The molecule has 0 aromatic heterocycles. The van der Waals surface area contributed by atoms with E-state index in [1.54, 1.807) is 0 Å². The highest BCUT2D eigenvalue weighted by molar-refractivity contribution is 5.89. The van der Waals surface area contributed by atoms with Gasteiger partial charge < -0.3 is 14.8 Å². The number of aryl methyl sites for hydroxylation is 1. The zero-order valence-electron chi connectivity index (χ0n) is 17.5. The van der Waals surface area contributed by atoms with Crippen LogP contribution in [0.1, 0.15) is 30.0 Å². The first kappa shape index (κ1) is 19.5. The summed E-state index contributed by atoms with van der Waals surface area (Å²) in [6.07, 6.45) is 3.00. The highest BCUT2D eigenvalue weighted by Gasteiger charge is 2.18. The Morgan fingerprint density at radius 1 is 1.07 bits per heavy atom. The Bertz CT molecular complexity index is 1060.